The van der Waals surface area contributed by atoms with E-state index in [4.69, 9.17) is 4.74 Å². The number of hydrogen-bond donors (Lipinski definition) is 1. The van der Waals surface area contributed by atoms with Crippen LogP contribution in [0.2, 0.25) is 0 Å². The van der Waals surface area contributed by atoms with Gasteiger partial charge in [0.1, 0.15) is 5.75 Å². The molecule has 0 fully saturated rings. The molecule has 1 heterocycles. The molecule has 0 aliphatic rings. The fourth-order valence-corrected chi connectivity index (χ4v) is 2.81. The van der Waals surface area contributed by atoms with Gasteiger partial charge in [-0.15, -0.1) is 0 Å². The van der Waals surface area contributed by atoms with E-state index >= 15 is 0 Å². The van der Waals surface area contributed by atoms with Gasteiger partial charge in [0, 0.05) is 7.11 Å². The number of nitrogens with one attached hydrogen (secondary N) is 1. The van der Waals surface area contributed by atoms with Crippen LogP contribution in [0.25, 0.3) is 10.2 Å². The highest BCUT2D eigenvalue weighted by molar-refractivity contribution is 7.22. The number of alkyl halides is 3. The molecule has 1 aromatic carbocycles. The number of anilines is 1. The second kappa shape index (κ2) is 6.20. The summed E-state index contributed by atoms with van der Waals surface area (Å²) in [6.45, 7) is 0. The van der Waals surface area contributed by atoms with Gasteiger partial charge < -0.3 is 19.5 Å². The summed E-state index contributed by atoms with van der Waals surface area (Å²) < 4.78 is 54.3. The van der Waals surface area contributed by atoms with Crippen LogP contribution in [0.5, 0.6) is 5.75 Å². The lowest BCUT2D eigenvalue weighted by atomic mass is 10.2. The third kappa shape index (κ3) is 3.04. The zero-order valence-electron chi connectivity index (χ0n) is 12.4. The molecule has 1 atom stereocenters. The van der Waals surface area contributed by atoms with Gasteiger partial charge in [0.05, 0.1) is 24.4 Å². The minimum atomic E-state index is -5.05. The summed E-state index contributed by atoms with van der Waals surface area (Å²) >= 11 is 0.923. The molecule has 0 aliphatic carbocycles. The molecule has 23 heavy (non-hydrogen) atoms. The van der Waals surface area contributed by atoms with Gasteiger partial charge in [-0.1, -0.05) is 11.3 Å². The van der Waals surface area contributed by atoms with Gasteiger partial charge in [0.25, 0.3) is 0 Å². The Hall–Kier alpha value is -2.07. The van der Waals surface area contributed by atoms with Crippen molar-refractivity contribution in [3.8, 4) is 5.75 Å². The minimum Gasteiger partial charge on any atom is -0.497 e. The second-order valence-electron chi connectivity index (χ2n) is 4.35. The Morgan fingerprint density at radius 3 is 2.48 bits per heavy atom. The molecule has 0 saturated heterocycles. The van der Waals surface area contributed by atoms with Crippen LogP contribution in [-0.2, 0) is 14.3 Å². The number of rotatable bonds is 5. The van der Waals surface area contributed by atoms with Gasteiger partial charge in [0.2, 0.25) is 0 Å². The van der Waals surface area contributed by atoms with Crippen molar-refractivity contribution in [1.82, 2.24) is 4.98 Å². The van der Waals surface area contributed by atoms with Crippen molar-refractivity contribution in [3.63, 3.8) is 0 Å². The molecular formula is C13H13F3N2O4S. The van der Waals surface area contributed by atoms with E-state index in [1.54, 1.807) is 18.2 Å². The van der Waals surface area contributed by atoms with E-state index in [0.29, 0.717) is 16.0 Å². The number of fused-ring (bicyclic) bond motifs is 1. The summed E-state index contributed by atoms with van der Waals surface area (Å²) in [4.78, 5) is 15.7. The Bertz CT molecular complexity index is 719. The highest BCUT2D eigenvalue weighted by atomic mass is 32.1. The highest BCUT2D eigenvalue weighted by Gasteiger charge is 2.63. The maximum atomic E-state index is 13.3. The monoisotopic (exact) mass is 350 g/mol. The average Bonchev–Trinajstić information content (AvgIpc) is 2.91. The zero-order chi connectivity index (χ0) is 17.3. The summed E-state index contributed by atoms with van der Waals surface area (Å²) in [6.07, 6.45) is -5.05. The van der Waals surface area contributed by atoms with Crippen LogP contribution in [0.1, 0.15) is 0 Å². The van der Waals surface area contributed by atoms with Crippen molar-refractivity contribution in [2.75, 3.05) is 26.6 Å². The molecule has 0 unspecified atom stereocenters. The van der Waals surface area contributed by atoms with E-state index in [1.165, 1.54) is 7.11 Å². The zero-order valence-corrected chi connectivity index (χ0v) is 13.2. The first-order valence-electron chi connectivity index (χ1n) is 6.20. The molecule has 2 rings (SSSR count). The molecule has 1 aromatic heterocycles. The predicted octanol–water partition coefficient (Wildman–Crippen LogP) is 2.79. The molecule has 1 N–H and O–H groups in total. The average molecular weight is 350 g/mol. The number of carbonyl (C=O) groups is 1. The van der Waals surface area contributed by atoms with Gasteiger partial charge in [-0.05, 0) is 18.2 Å². The van der Waals surface area contributed by atoms with E-state index in [1.807, 2.05) is 5.32 Å². The Kier molecular flexibility index (Phi) is 4.66. The molecule has 0 radical (unpaired) electrons. The smallest absolute Gasteiger partial charge is 0.448 e. The van der Waals surface area contributed by atoms with Crippen molar-refractivity contribution in [1.29, 1.82) is 0 Å². The van der Waals surface area contributed by atoms with Crippen LogP contribution in [-0.4, -0.2) is 44.2 Å². The number of nitrogens with zero attached hydrogens (tertiary/aromatic N) is 1. The lowest BCUT2D eigenvalue weighted by molar-refractivity contribution is -0.259. The van der Waals surface area contributed by atoms with Crippen LogP contribution >= 0.6 is 11.3 Å². The molecule has 2 aromatic rings. The van der Waals surface area contributed by atoms with Crippen LogP contribution < -0.4 is 10.1 Å². The quantitative estimate of drug-likeness (QED) is 0.661. The highest BCUT2D eigenvalue weighted by Crippen LogP contribution is 2.38. The molecule has 10 heteroatoms. The summed E-state index contributed by atoms with van der Waals surface area (Å²) in [5.41, 5.74) is -2.88. The van der Waals surface area contributed by atoms with E-state index in [9.17, 15) is 18.0 Å². The third-order valence-corrected chi connectivity index (χ3v) is 3.99. The van der Waals surface area contributed by atoms with Crippen molar-refractivity contribution in [3.05, 3.63) is 18.2 Å². The van der Waals surface area contributed by atoms with Crippen LogP contribution in [0.4, 0.5) is 18.3 Å². The first kappa shape index (κ1) is 17.3. The standard InChI is InChI=1S/C13H13F3N2O4S/c1-20-7-4-5-8-9(6-7)23-11(17-8)18-12(22-3,10(19)21-2)13(14,15)16/h4-6H,1-3H3,(H,17,18)/t12-/m1/s1. The summed E-state index contributed by atoms with van der Waals surface area (Å²) in [5, 5.41) is 1.86. The Morgan fingerprint density at radius 1 is 1.26 bits per heavy atom. The first-order valence-corrected chi connectivity index (χ1v) is 7.02. The van der Waals surface area contributed by atoms with Gasteiger partial charge in [-0.2, -0.15) is 13.2 Å². The molecule has 0 spiro atoms. The van der Waals surface area contributed by atoms with Crippen molar-refractivity contribution in [2.45, 2.75) is 11.9 Å². The van der Waals surface area contributed by atoms with Gasteiger partial charge in [0.15, 0.2) is 5.13 Å². The lowest BCUT2D eigenvalue weighted by Gasteiger charge is -2.31. The number of carbonyl (C=O) groups excluding carboxylic acids is 1. The number of ether oxygens (including phenoxy) is 3. The topological polar surface area (TPSA) is 69.7 Å². The fourth-order valence-electron chi connectivity index (χ4n) is 1.87. The number of halogens is 3. The SMILES string of the molecule is COC(=O)[C@@](Nc1nc2ccc(OC)cc2s1)(OC)C(F)(F)F. The molecule has 0 amide bonds. The number of methoxy groups -OCH3 is 3. The van der Waals surface area contributed by atoms with Crippen molar-refractivity contribution < 1.29 is 32.2 Å². The number of thiazole rings is 1. The van der Waals surface area contributed by atoms with Crippen LogP contribution in [0.15, 0.2) is 18.2 Å². The van der Waals surface area contributed by atoms with E-state index in [0.717, 1.165) is 25.6 Å². The molecule has 6 nitrogen and oxygen atoms in total. The fraction of sp³-hybridized carbons (Fsp3) is 0.385. The van der Waals surface area contributed by atoms with Crippen molar-refractivity contribution in [2.24, 2.45) is 0 Å². The number of esters is 1. The largest absolute Gasteiger partial charge is 0.497 e. The van der Waals surface area contributed by atoms with Gasteiger partial charge in [-0.3, -0.25) is 0 Å². The Morgan fingerprint density at radius 2 is 1.96 bits per heavy atom. The normalized spacial score (nSPS) is 14.3. The molecule has 0 bridgehead atoms. The van der Waals surface area contributed by atoms with Gasteiger partial charge in [-0.25, -0.2) is 9.78 Å². The molecule has 126 valence electrons. The predicted molar refractivity (Wildman–Crippen MR) is 77.6 cm³/mol. The summed E-state index contributed by atoms with van der Waals surface area (Å²) in [6, 6.07) is 4.84. The molecule has 0 aliphatic heterocycles. The second-order valence-corrected chi connectivity index (χ2v) is 5.38. The third-order valence-electron chi connectivity index (χ3n) is 3.06. The number of hydrogen-bond acceptors (Lipinski definition) is 7. The number of benzene rings is 1. The maximum Gasteiger partial charge on any atom is 0.448 e. The van der Waals surface area contributed by atoms with E-state index < -0.39 is 17.9 Å². The Balaban J connectivity index is 2.45. The maximum absolute atomic E-state index is 13.3. The molecule has 0 saturated carbocycles. The molecular weight excluding hydrogens is 337 g/mol. The van der Waals surface area contributed by atoms with Gasteiger partial charge >= 0.3 is 17.9 Å². The van der Waals surface area contributed by atoms with E-state index in [-0.39, 0.29) is 5.13 Å². The summed E-state index contributed by atoms with van der Waals surface area (Å²) in [5.74, 6) is -1.08. The van der Waals surface area contributed by atoms with Crippen LogP contribution in [0, 0.1) is 0 Å². The van der Waals surface area contributed by atoms with Crippen LogP contribution in [0.3, 0.4) is 0 Å². The van der Waals surface area contributed by atoms with E-state index in [2.05, 4.69) is 14.5 Å². The lowest BCUT2D eigenvalue weighted by Crippen LogP contribution is -2.60. The number of aromatic nitrogens is 1. The van der Waals surface area contributed by atoms with Crippen molar-refractivity contribution >= 4 is 32.7 Å². The first-order chi connectivity index (χ1) is 10.8. The minimum absolute atomic E-state index is 0.141. The summed E-state index contributed by atoms with van der Waals surface area (Å²) in [7, 11) is 3.07. The Labute approximate surface area is 133 Å².